The minimum atomic E-state index is -0.166. The molecule has 0 bridgehead atoms. The predicted octanol–water partition coefficient (Wildman–Crippen LogP) is 4.93. The van der Waals surface area contributed by atoms with Crippen LogP contribution in [0.3, 0.4) is 0 Å². The monoisotopic (exact) mass is 370 g/mol. The minimum Gasteiger partial charge on any atom is -0.485 e. The molecule has 0 atom stereocenters. The minimum absolute atomic E-state index is 0.166. The topological polar surface area (TPSA) is 57.3 Å². The van der Waals surface area contributed by atoms with E-state index in [0.717, 1.165) is 12.1 Å². The lowest BCUT2D eigenvalue weighted by Crippen LogP contribution is -1.99. The fourth-order valence-corrected chi connectivity index (χ4v) is 2.53. The maximum atomic E-state index is 12.1. The van der Waals surface area contributed by atoms with Crippen molar-refractivity contribution in [2.75, 3.05) is 0 Å². The average molecular weight is 371 g/mol. The van der Waals surface area contributed by atoms with E-state index in [2.05, 4.69) is 5.10 Å². The molecule has 0 saturated carbocycles. The number of halogens is 1. The van der Waals surface area contributed by atoms with Crippen molar-refractivity contribution in [2.24, 2.45) is 0 Å². The molecule has 0 spiro atoms. The lowest BCUT2D eigenvalue weighted by molar-refractivity contribution is 0.104. The molecular weight excluding hydrogens is 352 g/mol. The molecule has 0 aliphatic carbocycles. The number of carbonyl (C=O) groups is 1. The van der Waals surface area contributed by atoms with Gasteiger partial charge in [-0.3, -0.25) is 9.48 Å². The highest BCUT2D eigenvalue weighted by Crippen LogP contribution is 2.26. The number of aryl methyl sites for hydroxylation is 1. The normalized spacial score (nSPS) is 11.2. The number of hydrogen-bond donors (Lipinski definition) is 0. The molecule has 26 heavy (non-hydrogen) atoms. The van der Waals surface area contributed by atoms with Crippen molar-refractivity contribution in [2.45, 2.75) is 27.0 Å². The number of benzene rings is 1. The van der Waals surface area contributed by atoms with Crippen molar-refractivity contribution in [1.29, 1.82) is 0 Å². The number of ketones is 1. The molecule has 1 aromatic carbocycles. The molecule has 0 saturated heterocycles. The van der Waals surface area contributed by atoms with Crippen molar-refractivity contribution in [3.8, 4) is 5.75 Å². The van der Waals surface area contributed by atoms with Crippen molar-refractivity contribution < 1.29 is 13.9 Å². The standard InChI is InChI=1S/C20H19ClN2O3/c1-3-23-12-11-18(22-23)19(24)10-9-15-7-8-16(26-15)13-25-20-6-4-5-17(21)14(20)2/h4-12H,3,13H2,1-2H3/b10-9+. The number of allylic oxidation sites excluding steroid dienone is 1. The average Bonchev–Trinajstić information content (AvgIpc) is 3.30. The van der Waals surface area contributed by atoms with Crippen molar-refractivity contribution >= 4 is 23.5 Å². The number of hydrogen-bond acceptors (Lipinski definition) is 4. The third-order valence-electron chi connectivity index (χ3n) is 3.89. The summed E-state index contributed by atoms with van der Waals surface area (Å²) < 4.78 is 13.1. The van der Waals surface area contributed by atoms with Gasteiger partial charge in [-0.1, -0.05) is 17.7 Å². The second-order valence-electron chi connectivity index (χ2n) is 5.71. The van der Waals surface area contributed by atoms with Crippen LogP contribution in [0.25, 0.3) is 6.08 Å². The number of rotatable bonds is 7. The van der Waals surface area contributed by atoms with Gasteiger partial charge in [0.05, 0.1) is 0 Å². The molecule has 3 rings (SSSR count). The van der Waals surface area contributed by atoms with Gasteiger partial charge in [-0.15, -0.1) is 0 Å². The molecule has 0 fully saturated rings. The van der Waals surface area contributed by atoms with Gasteiger partial charge in [0.1, 0.15) is 29.6 Å². The molecule has 0 amide bonds. The maximum Gasteiger partial charge on any atom is 0.206 e. The van der Waals surface area contributed by atoms with Gasteiger partial charge in [0, 0.05) is 23.3 Å². The Labute approximate surface area is 156 Å². The van der Waals surface area contributed by atoms with Crippen LogP contribution < -0.4 is 4.74 Å². The number of nitrogens with zero attached hydrogens (tertiary/aromatic N) is 2. The van der Waals surface area contributed by atoms with Crippen molar-refractivity contribution in [3.63, 3.8) is 0 Å². The first kappa shape index (κ1) is 18.0. The fourth-order valence-electron chi connectivity index (χ4n) is 2.37. The van der Waals surface area contributed by atoms with Crippen LogP contribution in [0.5, 0.6) is 5.75 Å². The Morgan fingerprint density at radius 1 is 1.31 bits per heavy atom. The van der Waals surface area contributed by atoms with E-state index in [9.17, 15) is 4.79 Å². The van der Waals surface area contributed by atoms with Gasteiger partial charge in [-0.2, -0.15) is 5.10 Å². The summed E-state index contributed by atoms with van der Waals surface area (Å²) in [5.74, 6) is 1.79. The smallest absolute Gasteiger partial charge is 0.206 e. The zero-order valence-corrected chi connectivity index (χ0v) is 15.4. The van der Waals surface area contributed by atoms with E-state index >= 15 is 0 Å². The van der Waals surface area contributed by atoms with Gasteiger partial charge in [-0.25, -0.2) is 0 Å². The Morgan fingerprint density at radius 2 is 2.15 bits per heavy atom. The second kappa shape index (κ2) is 8.06. The van der Waals surface area contributed by atoms with Crippen molar-refractivity contribution in [3.05, 3.63) is 76.5 Å². The first-order chi connectivity index (χ1) is 12.6. The van der Waals surface area contributed by atoms with Gasteiger partial charge < -0.3 is 9.15 Å². The number of furan rings is 1. The highest BCUT2D eigenvalue weighted by Gasteiger charge is 2.08. The molecule has 2 heterocycles. The molecule has 0 aliphatic rings. The molecule has 0 unspecified atom stereocenters. The van der Waals surface area contributed by atoms with E-state index in [0.29, 0.717) is 28.0 Å². The van der Waals surface area contributed by atoms with Crippen LogP contribution in [-0.4, -0.2) is 15.6 Å². The molecule has 0 aliphatic heterocycles. The third kappa shape index (κ3) is 4.24. The quantitative estimate of drug-likeness (QED) is 0.437. The third-order valence-corrected chi connectivity index (χ3v) is 4.30. The van der Waals surface area contributed by atoms with Crippen LogP contribution >= 0.6 is 11.6 Å². The molecule has 0 radical (unpaired) electrons. The summed E-state index contributed by atoms with van der Waals surface area (Å²) in [6.07, 6.45) is 4.86. The number of ether oxygens (including phenoxy) is 1. The second-order valence-corrected chi connectivity index (χ2v) is 6.12. The zero-order chi connectivity index (χ0) is 18.5. The summed E-state index contributed by atoms with van der Waals surface area (Å²) in [6.45, 7) is 4.88. The molecule has 3 aromatic rings. The molecular formula is C20H19ClN2O3. The molecule has 0 N–H and O–H groups in total. The van der Waals surface area contributed by atoms with Crippen LogP contribution in [0, 0.1) is 6.92 Å². The lowest BCUT2D eigenvalue weighted by Gasteiger charge is -2.08. The Balaban J connectivity index is 1.60. The van der Waals surface area contributed by atoms with Gasteiger partial charge >= 0.3 is 0 Å². The van der Waals surface area contributed by atoms with E-state index in [1.165, 1.54) is 6.08 Å². The highest BCUT2D eigenvalue weighted by molar-refractivity contribution is 6.31. The Hall–Kier alpha value is -2.79. The van der Waals surface area contributed by atoms with Gasteiger partial charge in [-0.05, 0) is 56.3 Å². The highest BCUT2D eigenvalue weighted by atomic mass is 35.5. The largest absolute Gasteiger partial charge is 0.485 e. The van der Waals surface area contributed by atoms with Crippen LogP contribution in [0.2, 0.25) is 5.02 Å². The Kier molecular flexibility index (Phi) is 5.58. The predicted molar refractivity (Wildman–Crippen MR) is 100 cm³/mol. The van der Waals surface area contributed by atoms with Gasteiger partial charge in [0.25, 0.3) is 0 Å². The number of aromatic nitrogens is 2. The summed E-state index contributed by atoms with van der Waals surface area (Å²) in [4.78, 5) is 12.1. The Bertz CT molecular complexity index is 940. The molecule has 2 aromatic heterocycles. The maximum absolute atomic E-state index is 12.1. The Morgan fingerprint density at radius 3 is 2.92 bits per heavy atom. The van der Waals surface area contributed by atoms with E-state index in [1.54, 1.807) is 29.1 Å². The summed E-state index contributed by atoms with van der Waals surface area (Å²) in [5, 5.41) is 4.84. The van der Waals surface area contributed by atoms with Crippen LogP contribution in [0.4, 0.5) is 0 Å². The SMILES string of the molecule is CCn1ccc(C(=O)/C=C/c2ccc(COc3cccc(Cl)c3C)o2)n1. The van der Waals surface area contributed by atoms with Gasteiger partial charge in [0.15, 0.2) is 0 Å². The molecule has 6 heteroatoms. The summed E-state index contributed by atoms with van der Waals surface area (Å²) >= 11 is 6.08. The van der Waals surface area contributed by atoms with E-state index in [4.69, 9.17) is 20.8 Å². The zero-order valence-electron chi connectivity index (χ0n) is 14.6. The van der Waals surface area contributed by atoms with E-state index < -0.39 is 0 Å². The molecule has 5 nitrogen and oxygen atoms in total. The molecule has 134 valence electrons. The fraction of sp³-hybridized carbons (Fsp3) is 0.200. The van der Waals surface area contributed by atoms with Crippen LogP contribution in [-0.2, 0) is 13.2 Å². The van der Waals surface area contributed by atoms with Crippen molar-refractivity contribution in [1.82, 2.24) is 9.78 Å². The van der Waals surface area contributed by atoms with Gasteiger partial charge in [0.2, 0.25) is 5.78 Å². The first-order valence-corrected chi connectivity index (χ1v) is 8.67. The van der Waals surface area contributed by atoms with E-state index in [-0.39, 0.29) is 12.4 Å². The lowest BCUT2D eigenvalue weighted by atomic mass is 10.2. The summed E-state index contributed by atoms with van der Waals surface area (Å²) in [5.41, 5.74) is 1.30. The van der Waals surface area contributed by atoms with Crippen LogP contribution in [0.15, 0.2) is 53.1 Å². The number of carbonyl (C=O) groups excluding carboxylic acids is 1. The first-order valence-electron chi connectivity index (χ1n) is 8.29. The van der Waals surface area contributed by atoms with E-state index in [1.807, 2.05) is 38.1 Å². The summed E-state index contributed by atoms with van der Waals surface area (Å²) in [7, 11) is 0. The summed E-state index contributed by atoms with van der Waals surface area (Å²) in [6, 6.07) is 10.8. The van der Waals surface area contributed by atoms with Crippen LogP contribution in [0.1, 0.15) is 34.5 Å².